The maximum absolute atomic E-state index is 13.3. The van der Waals surface area contributed by atoms with Crippen LogP contribution in [0.4, 0.5) is 4.39 Å². The predicted molar refractivity (Wildman–Crippen MR) is 73.0 cm³/mol. The van der Waals surface area contributed by atoms with Gasteiger partial charge in [-0.2, -0.15) is 0 Å². The molecule has 1 aromatic rings. The van der Waals surface area contributed by atoms with Crippen molar-refractivity contribution in [3.63, 3.8) is 0 Å². The number of ether oxygens (including phenoxy) is 1. The number of morpholine rings is 1. The summed E-state index contributed by atoms with van der Waals surface area (Å²) in [5, 5.41) is 3.12. The van der Waals surface area contributed by atoms with Crippen molar-refractivity contribution in [3.05, 3.63) is 34.1 Å². The molecule has 0 spiro atoms. The monoisotopic (exact) mass is 316 g/mol. The third kappa shape index (κ3) is 4.02. The zero-order valence-electron chi connectivity index (χ0n) is 10.5. The van der Waals surface area contributed by atoms with E-state index in [0.29, 0.717) is 0 Å². The maximum atomic E-state index is 13.3. The molecular formula is C13H18BrFN2O. The Labute approximate surface area is 115 Å². The van der Waals surface area contributed by atoms with Crippen molar-refractivity contribution in [1.82, 2.24) is 10.2 Å². The summed E-state index contributed by atoms with van der Waals surface area (Å²) in [6.45, 7) is 4.13. The normalized spacial score (nSPS) is 21.2. The molecule has 1 aliphatic rings. The van der Waals surface area contributed by atoms with E-state index in [2.05, 4.69) is 26.1 Å². The Balaban J connectivity index is 1.95. The lowest BCUT2D eigenvalue weighted by atomic mass is 10.2. The Morgan fingerprint density at radius 2 is 2.33 bits per heavy atom. The second-order valence-electron chi connectivity index (χ2n) is 4.56. The minimum atomic E-state index is -0.195. The van der Waals surface area contributed by atoms with E-state index in [1.807, 2.05) is 13.1 Å². The minimum absolute atomic E-state index is 0.195. The molecule has 2 rings (SSSR count). The number of rotatable bonds is 4. The summed E-state index contributed by atoms with van der Waals surface area (Å²) in [7, 11) is 1.92. The van der Waals surface area contributed by atoms with Crippen LogP contribution < -0.4 is 5.32 Å². The van der Waals surface area contributed by atoms with Gasteiger partial charge in [0.05, 0.1) is 12.7 Å². The van der Waals surface area contributed by atoms with Gasteiger partial charge in [0, 0.05) is 30.7 Å². The third-order valence-electron chi connectivity index (χ3n) is 2.98. The average molecular weight is 317 g/mol. The van der Waals surface area contributed by atoms with E-state index in [4.69, 9.17) is 4.74 Å². The summed E-state index contributed by atoms with van der Waals surface area (Å²) in [6.07, 6.45) is 0.223. The predicted octanol–water partition coefficient (Wildman–Crippen LogP) is 2.01. The first kappa shape index (κ1) is 13.9. The van der Waals surface area contributed by atoms with Crippen molar-refractivity contribution < 1.29 is 9.13 Å². The molecule has 0 aliphatic carbocycles. The largest absolute Gasteiger partial charge is 0.374 e. The molecule has 5 heteroatoms. The standard InChI is InChI=1S/C13H18BrFN2O/c1-16-7-13-9-17(2-3-18-13)8-10-4-11(14)6-12(15)5-10/h4-6,13,16H,2-3,7-9H2,1H3. The molecule has 1 atom stereocenters. The maximum Gasteiger partial charge on any atom is 0.124 e. The molecule has 18 heavy (non-hydrogen) atoms. The molecule has 1 aromatic carbocycles. The van der Waals surface area contributed by atoms with Crippen molar-refractivity contribution >= 4 is 15.9 Å². The van der Waals surface area contributed by atoms with Crippen LogP contribution in [0.5, 0.6) is 0 Å². The first-order valence-corrected chi connectivity index (χ1v) is 6.90. The number of halogens is 2. The highest BCUT2D eigenvalue weighted by Gasteiger charge is 2.19. The second-order valence-corrected chi connectivity index (χ2v) is 5.48. The fourth-order valence-corrected chi connectivity index (χ4v) is 2.75. The molecule has 0 bridgehead atoms. The van der Waals surface area contributed by atoms with Crippen LogP contribution in [0.15, 0.2) is 22.7 Å². The number of hydrogen-bond donors (Lipinski definition) is 1. The van der Waals surface area contributed by atoms with E-state index in [9.17, 15) is 4.39 Å². The zero-order chi connectivity index (χ0) is 13.0. The van der Waals surface area contributed by atoms with Crippen molar-refractivity contribution in [2.24, 2.45) is 0 Å². The van der Waals surface area contributed by atoms with Crippen LogP contribution in [0.1, 0.15) is 5.56 Å². The topological polar surface area (TPSA) is 24.5 Å². The van der Waals surface area contributed by atoms with E-state index in [1.165, 1.54) is 6.07 Å². The molecular weight excluding hydrogens is 299 g/mol. The zero-order valence-corrected chi connectivity index (χ0v) is 12.0. The van der Waals surface area contributed by atoms with Crippen LogP contribution >= 0.6 is 15.9 Å². The number of likely N-dealkylation sites (N-methyl/N-ethyl adjacent to an activating group) is 1. The van der Waals surface area contributed by atoms with Crippen molar-refractivity contribution in [3.8, 4) is 0 Å². The SMILES string of the molecule is CNCC1CN(Cc2cc(F)cc(Br)c2)CCO1. The van der Waals surface area contributed by atoms with E-state index in [1.54, 1.807) is 6.07 Å². The van der Waals surface area contributed by atoms with Gasteiger partial charge in [-0.3, -0.25) is 4.90 Å². The lowest BCUT2D eigenvalue weighted by Crippen LogP contribution is -2.45. The Bertz CT molecular complexity index is 380. The highest BCUT2D eigenvalue weighted by atomic mass is 79.9. The van der Waals surface area contributed by atoms with Crippen molar-refractivity contribution in [1.29, 1.82) is 0 Å². The molecule has 3 nitrogen and oxygen atoms in total. The summed E-state index contributed by atoms with van der Waals surface area (Å²) in [5.41, 5.74) is 0.993. The summed E-state index contributed by atoms with van der Waals surface area (Å²) in [6, 6.07) is 5.03. The van der Waals surface area contributed by atoms with Gasteiger partial charge in [-0.1, -0.05) is 15.9 Å². The first-order valence-electron chi connectivity index (χ1n) is 6.11. The van der Waals surface area contributed by atoms with Gasteiger partial charge in [-0.15, -0.1) is 0 Å². The summed E-state index contributed by atoms with van der Waals surface area (Å²) in [4.78, 5) is 2.30. The van der Waals surface area contributed by atoms with Gasteiger partial charge < -0.3 is 10.1 Å². The van der Waals surface area contributed by atoms with Crippen LogP contribution in [0, 0.1) is 5.82 Å². The Morgan fingerprint density at radius 3 is 3.06 bits per heavy atom. The molecule has 1 fully saturated rings. The molecule has 100 valence electrons. The van der Waals surface area contributed by atoms with Crippen molar-refractivity contribution in [2.75, 3.05) is 33.3 Å². The fraction of sp³-hybridized carbons (Fsp3) is 0.538. The van der Waals surface area contributed by atoms with Gasteiger partial charge in [0.2, 0.25) is 0 Å². The van der Waals surface area contributed by atoms with Crippen LogP contribution in [-0.2, 0) is 11.3 Å². The molecule has 0 saturated carbocycles. The molecule has 1 heterocycles. The van der Waals surface area contributed by atoms with Crippen LogP contribution in [0.2, 0.25) is 0 Å². The van der Waals surface area contributed by atoms with Crippen molar-refractivity contribution in [2.45, 2.75) is 12.6 Å². The van der Waals surface area contributed by atoms with E-state index in [-0.39, 0.29) is 11.9 Å². The van der Waals surface area contributed by atoms with E-state index >= 15 is 0 Å². The Hall–Kier alpha value is -0.490. The highest BCUT2D eigenvalue weighted by molar-refractivity contribution is 9.10. The summed E-state index contributed by atoms with van der Waals surface area (Å²) < 4.78 is 19.7. The Morgan fingerprint density at radius 1 is 1.50 bits per heavy atom. The van der Waals surface area contributed by atoms with Gasteiger partial charge in [0.15, 0.2) is 0 Å². The number of benzene rings is 1. The summed E-state index contributed by atoms with van der Waals surface area (Å²) >= 11 is 3.32. The van der Waals surface area contributed by atoms with Gasteiger partial charge in [-0.25, -0.2) is 4.39 Å². The molecule has 1 aliphatic heterocycles. The van der Waals surface area contributed by atoms with Gasteiger partial charge in [-0.05, 0) is 30.8 Å². The van der Waals surface area contributed by atoms with Crippen LogP contribution in [0.25, 0.3) is 0 Å². The van der Waals surface area contributed by atoms with Crippen LogP contribution in [-0.4, -0.2) is 44.3 Å². The summed E-state index contributed by atoms with van der Waals surface area (Å²) in [5.74, 6) is -0.195. The second kappa shape index (κ2) is 6.61. The van der Waals surface area contributed by atoms with Gasteiger partial charge in [0.1, 0.15) is 5.82 Å². The molecule has 0 aromatic heterocycles. The minimum Gasteiger partial charge on any atom is -0.374 e. The molecule has 1 N–H and O–H groups in total. The average Bonchev–Trinajstić information content (AvgIpc) is 2.28. The Kier molecular flexibility index (Phi) is 5.12. The number of nitrogens with one attached hydrogen (secondary N) is 1. The van der Waals surface area contributed by atoms with E-state index in [0.717, 1.165) is 42.8 Å². The lowest BCUT2D eigenvalue weighted by Gasteiger charge is -2.32. The highest BCUT2D eigenvalue weighted by Crippen LogP contribution is 2.17. The molecule has 1 unspecified atom stereocenters. The first-order chi connectivity index (χ1) is 8.67. The molecule has 1 saturated heterocycles. The fourth-order valence-electron chi connectivity index (χ4n) is 2.24. The van der Waals surface area contributed by atoms with Gasteiger partial charge >= 0.3 is 0 Å². The van der Waals surface area contributed by atoms with Gasteiger partial charge in [0.25, 0.3) is 0 Å². The number of hydrogen-bond acceptors (Lipinski definition) is 3. The molecule has 0 radical (unpaired) electrons. The quantitative estimate of drug-likeness (QED) is 0.919. The smallest absolute Gasteiger partial charge is 0.124 e. The third-order valence-corrected chi connectivity index (χ3v) is 3.44. The number of nitrogens with zero attached hydrogens (tertiary/aromatic N) is 1. The van der Waals surface area contributed by atoms with E-state index < -0.39 is 0 Å². The van der Waals surface area contributed by atoms with Crippen LogP contribution in [0.3, 0.4) is 0 Å². The molecule has 0 amide bonds. The lowest BCUT2D eigenvalue weighted by molar-refractivity contribution is -0.0291.